The molecule has 0 aliphatic carbocycles. The first-order valence-electron chi connectivity index (χ1n) is 5.15. The van der Waals surface area contributed by atoms with Gasteiger partial charge in [0.05, 0.1) is 12.6 Å². The molecule has 1 aliphatic rings. The van der Waals surface area contributed by atoms with E-state index in [1.54, 1.807) is 12.1 Å². The average molecular weight is 240 g/mol. The third-order valence-corrected chi connectivity index (χ3v) is 2.59. The number of nitrogens with one attached hydrogen (secondary N) is 4. The van der Waals surface area contributed by atoms with Gasteiger partial charge in [0.15, 0.2) is 0 Å². The molecule has 0 spiro atoms. The lowest BCUT2D eigenvalue weighted by Gasteiger charge is -2.21. The molecule has 0 amide bonds. The van der Waals surface area contributed by atoms with Crippen LogP contribution >= 0.6 is 0 Å². The summed E-state index contributed by atoms with van der Waals surface area (Å²) in [7, 11) is 0. The summed E-state index contributed by atoms with van der Waals surface area (Å²) >= 11 is 0. The molecule has 1 atom stereocenters. The van der Waals surface area contributed by atoms with Crippen molar-refractivity contribution in [1.82, 2.24) is 21.9 Å². The van der Waals surface area contributed by atoms with E-state index in [9.17, 15) is 9.18 Å². The second-order valence-electron chi connectivity index (χ2n) is 3.78. The number of hydrogen-bond donors (Lipinski definition) is 5. The van der Waals surface area contributed by atoms with Crippen molar-refractivity contribution in [2.24, 2.45) is 0 Å². The standard InChI is InChI=1S/C10H13FN4O2/c11-7-3-1-2-6(4-7)8(5-9(16)17)10-12-14-15-13-10/h1-4,8,10,12-15H,5H2,(H,16,17). The summed E-state index contributed by atoms with van der Waals surface area (Å²) in [4.78, 5) is 10.8. The summed E-state index contributed by atoms with van der Waals surface area (Å²) in [6.07, 6.45) is -0.426. The number of rotatable bonds is 4. The van der Waals surface area contributed by atoms with Crippen LogP contribution in [0.4, 0.5) is 4.39 Å². The Morgan fingerprint density at radius 1 is 1.41 bits per heavy atom. The molecule has 1 aromatic rings. The molecular formula is C10H13FN4O2. The van der Waals surface area contributed by atoms with Crippen molar-refractivity contribution in [3.63, 3.8) is 0 Å². The van der Waals surface area contributed by atoms with E-state index in [4.69, 9.17) is 5.11 Å². The molecule has 1 aromatic carbocycles. The van der Waals surface area contributed by atoms with Crippen LogP contribution < -0.4 is 21.9 Å². The molecule has 0 aromatic heterocycles. The maximum absolute atomic E-state index is 13.1. The van der Waals surface area contributed by atoms with E-state index in [1.165, 1.54) is 12.1 Å². The van der Waals surface area contributed by atoms with Gasteiger partial charge in [0, 0.05) is 5.92 Å². The van der Waals surface area contributed by atoms with Crippen LogP contribution in [0, 0.1) is 5.82 Å². The van der Waals surface area contributed by atoms with E-state index < -0.39 is 5.97 Å². The van der Waals surface area contributed by atoms with E-state index in [0.717, 1.165) is 0 Å². The Balaban J connectivity index is 2.22. The molecule has 1 fully saturated rings. The number of halogens is 1. The number of benzene rings is 1. The number of hydrogen-bond acceptors (Lipinski definition) is 5. The lowest BCUT2D eigenvalue weighted by molar-refractivity contribution is -0.137. The monoisotopic (exact) mass is 240 g/mol. The number of carbonyl (C=O) groups is 1. The zero-order chi connectivity index (χ0) is 12.3. The molecule has 1 saturated heterocycles. The third-order valence-electron chi connectivity index (χ3n) is 2.59. The number of hydrazine groups is 3. The summed E-state index contributed by atoms with van der Waals surface area (Å²) in [6.45, 7) is 0. The summed E-state index contributed by atoms with van der Waals surface area (Å²) < 4.78 is 13.1. The van der Waals surface area contributed by atoms with Gasteiger partial charge in [0.2, 0.25) is 0 Å². The summed E-state index contributed by atoms with van der Waals surface area (Å²) in [6, 6.07) is 5.94. The first-order valence-corrected chi connectivity index (χ1v) is 5.15. The minimum Gasteiger partial charge on any atom is -0.481 e. The second-order valence-corrected chi connectivity index (χ2v) is 3.78. The molecule has 17 heavy (non-hydrogen) atoms. The van der Waals surface area contributed by atoms with E-state index in [-0.39, 0.29) is 24.3 Å². The van der Waals surface area contributed by atoms with Crippen molar-refractivity contribution in [2.75, 3.05) is 0 Å². The van der Waals surface area contributed by atoms with E-state index in [1.807, 2.05) is 0 Å². The Labute approximate surface area is 97.1 Å². The lowest BCUT2D eigenvalue weighted by Crippen LogP contribution is -2.40. The minimum atomic E-state index is -0.935. The molecule has 1 heterocycles. The predicted molar refractivity (Wildman–Crippen MR) is 57.7 cm³/mol. The molecule has 5 N–H and O–H groups in total. The van der Waals surface area contributed by atoms with Gasteiger partial charge >= 0.3 is 5.97 Å². The fraction of sp³-hybridized carbons (Fsp3) is 0.300. The first-order chi connectivity index (χ1) is 8.16. The molecule has 92 valence electrons. The largest absolute Gasteiger partial charge is 0.481 e. The van der Waals surface area contributed by atoms with Crippen LogP contribution in [0.25, 0.3) is 0 Å². The smallest absolute Gasteiger partial charge is 0.304 e. The molecule has 0 radical (unpaired) electrons. The average Bonchev–Trinajstić information content (AvgIpc) is 2.79. The van der Waals surface area contributed by atoms with Crippen molar-refractivity contribution in [3.05, 3.63) is 35.6 Å². The van der Waals surface area contributed by atoms with Gasteiger partial charge in [0.1, 0.15) is 5.82 Å². The molecule has 0 saturated carbocycles. The van der Waals surface area contributed by atoms with E-state index >= 15 is 0 Å². The van der Waals surface area contributed by atoms with Gasteiger partial charge in [-0.25, -0.2) is 15.2 Å². The molecule has 2 rings (SSSR count). The van der Waals surface area contributed by atoms with Crippen molar-refractivity contribution in [2.45, 2.75) is 18.5 Å². The summed E-state index contributed by atoms with van der Waals surface area (Å²) in [5.41, 5.74) is 11.5. The number of carboxylic acid groups (broad SMARTS) is 1. The van der Waals surface area contributed by atoms with Gasteiger partial charge in [0.25, 0.3) is 0 Å². The fourth-order valence-corrected chi connectivity index (χ4v) is 1.82. The maximum atomic E-state index is 13.1. The first kappa shape index (κ1) is 11.9. The topological polar surface area (TPSA) is 85.4 Å². The van der Waals surface area contributed by atoms with Crippen LogP contribution in [0.3, 0.4) is 0 Å². The molecule has 1 aliphatic heterocycles. The summed E-state index contributed by atoms with van der Waals surface area (Å²) in [5.74, 6) is -1.70. The molecule has 7 heteroatoms. The highest BCUT2D eigenvalue weighted by Gasteiger charge is 2.28. The normalized spacial score (nSPS) is 18.2. The van der Waals surface area contributed by atoms with Gasteiger partial charge in [-0.2, -0.15) is 11.1 Å². The fourth-order valence-electron chi connectivity index (χ4n) is 1.82. The zero-order valence-corrected chi connectivity index (χ0v) is 8.90. The maximum Gasteiger partial charge on any atom is 0.304 e. The molecule has 6 nitrogen and oxygen atoms in total. The SMILES string of the molecule is O=C(O)CC(c1cccc(F)c1)C1NNNN1. The molecule has 1 unspecified atom stereocenters. The summed E-state index contributed by atoms with van der Waals surface area (Å²) in [5, 5.41) is 8.88. The van der Waals surface area contributed by atoms with Crippen molar-refractivity contribution < 1.29 is 14.3 Å². The van der Waals surface area contributed by atoms with Gasteiger partial charge in [-0.3, -0.25) is 4.79 Å². The van der Waals surface area contributed by atoms with Gasteiger partial charge < -0.3 is 5.11 Å². The van der Waals surface area contributed by atoms with E-state index in [2.05, 4.69) is 21.9 Å². The highest BCUT2D eigenvalue weighted by atomic mass is 19.1. The van der Waals surface area contributed by atoms with Crippen LogP contribution in [-0.2, 0) is 4.79 Å². The minimum absolute atomic E-state index is 0.0997. The molecule has 0 bridgehead atoms. The predicted octanol–water partition coefficient (Wildman–Crippen LogP) is -0.173. The Morgan fingerprint density at radius 3 is 2.71 bits per heavy atom. The van der Waals surface area contributed by atoms with Crippen LogP contribution in [0.5, 0.6) is 0 Å². The Hall–Kier alpha value is -1.54. The van der Waals surface area contributed by atoms with Crippen molar-refractivity contribution >= 4 is 5.97 Å². The molecular weight excluding hydrogens is 227 g/mol. The number of carboxylic acids is 1. The Morgan fingerprint density at radius 2 is 2.12 bits per heavy atom. The van der Waals surface area contributed by atoms with Crippen LogP contribution in [0.2, 0.25) is 0 Å². The third kappa shape index (κ3) is 2.98. The Kier molecular flexibility index (Phi) is 3.64. The number of aliphatic carboxylic acids is 1. The highest BCUT2D eigenvalue weighted by molar-refractivity contribution is 5.68. The highest BCUT2D eigenvalue weighted by Crippen LogP contribution is 2.23. The van der Waals surface area contributed by atoms with Gasteiger partial charge in [-0.1, -0.05) is 12.1 Å². The second kappa shape index (κ2) is 5.19. The lowest BCUT2D eigenvalue weighted by atomic mass is 9.93. The van der Waals surface area contributed by atoms with Gasteiger partial charge in [-0.15, -0.1) is 0 Å². The van der Waals surface area contributed by atoms with Crippen molar-refractivity contribution in [1.29, 1.82) is 0 Å². The van der Waals surface area contributed by atoms with Gasteiger partial charge in [-0.05, 0) is 17.7 Å². The van der Waals surface area contributed by atoms with Crippen LogP contribution in [0.15, 0.2) is 24.3 Å². The van der Waals surface area contributed by atoms with Crippen LogP contribution in [0.1, 0.15) is 17.9 Å². The van der Waals surface area contributed by atoms with Crippen LogP contribution in [-0.4, -0.2) is 17.2 Å². The van der Waals surface area contributed by atoms with E-state index in [0.29, 0.717) is 5.56 Å². The zero-order valence-electron chi connectivity index (χ0n) is 8.90. The Bertz CT molecular complexity index is 409. The quantitative estimate of drug-likeness (QED) is 0.502. The van der Waals surface area contributed by atoms with Crippen molar-refractivity contribution in [3.8, 4) is 0 Å².